The van der Waals surface area contributed by atoms with Crippen LogP contribution in [0, 0.1) is 5.41 Å². The second kappa shape index (κ2) is 9.00. The molecule has 0 bridgehead atoms. The fraction of sp³-hybridized carbons (Fsp3) is 0.182. The third-order valence-electron chi connectivity index (χ3n) is 1.62. The number of aliphatic carboxylic acids is 1. The van der Waals surface area contributed by atoms with Crippen molar-refractivity contribution in [2.45, 2.75) is 6.92 Å². The normalized spacial score (nSPS) is 9.60. The summed E-state index contributed by atoms with van der Waals surface area (Å²) in [6, 6.07) is 3.27. The zero-order chi connectivity index (χ0) is 15.7. The minimum absolute atomic E-state index is 0.248. The van der Waals surface area contributed by atoms with E-state index in [1.165, 1.54) is 13.3 Å². The average Bonchev–Trinajstić information content (AvgIpc) is 2.27. The zero-order valence-corrected chi connectivity index (χ0v) is 12.3. The Morgan fingerprint density at radius 1 is 1.50 bits per heavy atom. The Hall–Kier alpha value is -1.99. The Kier molecular flexibility index (Phi) is 8.10. The number of halogens is 2. The maximum Gasteiger partial charge on any atom is 0.300 e. The first-order valence-corrected chi connectivity index (χ1v) is 5.89. The van der Waals surface area contributed by atoms with Crippen molar-refractivity contribution in [3.63, 3.8) is 0 Å². The quantitative estimate of drug-likeness (QED) is 0.385. The molecule has 110 valence electrons. The topological polar surface area (TPSA) is 121 Å². The molecule has 1 aromatic carbocycles. The lowest BCUT2D eigenvalue weighted by molar-refractivity contribution is -0.134. The Balaban J connectivity index is 0.000000796. The predicted molar refractivity (Wildman–Crippen MR) is 79.0 cm³/mol. The summed E-state index contributed by atoms with van der Waals surface area (Å²) < 4.78 is 5.00. The Morgan fingerprint density at radius 2 is 1.95 bits per heavy atom. The molecule has 0 amide bonds. The Bertz CT molecular complexity index is 493. The van der Waals surface area contributed by atoms with Crippen LogP contribution in [0.4, 0.5) is 0 Å². The molecule has 0 spiro atoms. The van der Waals surface area contributed by atoms with Crippen molar-refractivity contribution in [1.29, 1.82) is 5.41 Å². The minimum atomic E-state index is -0.833. The fourth-order valence-corrected chi connectivity index (χ4v) is 1.68. The number of hydrogen-bond donors (Lipinski definition) is 4. The Morgan fingerprint density at radius 3 is 2.30 bits per heavy atom. The van der Waals surface area contributed by atoms with Gasteiger partial charge >= 0.3 is 0 Å². The van der Waals surface area contributed by atoms with Crippen LogP contribution in [0.5, 0.6) is 5.75 Å². The second-order valence-electron chi connectivity index (χ2n) is 3.32. The number of hydrogen-bond acceptors (Lipinski definition) is 4. The van der Waals surface area contributed by atoms with E-state index in [1.807, 2.05) is 0 Å². The van der Waals surface area contributed by atoms with E-state index in [4.69, 9.17) is 49.0 Å². The number of carboxylic acid groups (broad SMARTS) is 1. The van der Waals surface area contributed by atoms with Gasteiger partial charge in [0, 0.05) is 6.92 Å². The number of benzene rings is 1. The number of nitrogens with one attached hydrogen (secondary N) is 2. The molecule has 0 fully saturated rings. The fourth-order valence-electron chi connectivity index (χ4n) is 1.03. The lowest BCUT2D eigenvalue weighted by Gasteiger charge is -2.06. The zero-order valence-electron chi connectivity index (χ0n) is 10.8. The minimum Gasteiger partial charge on any atom is -0.494 e. The number of carbonyl (C=O) groups is 1. The van der Waals surface area contributed by atoms with Crippen molar-refractivity contribution in [3.05, 3.63) is 27.7 Å². The maximum absolute atomic E-state index is 9.00. The molecule has 1 aromatic rings. The van der Waals surface area contributed by atoms with E-state index in [0.717, 1.165) is 6.92 Å². The predicted octanol–water partition coefficient (Wildman–Crippen LogP) is 1.91. The number of rotatable bonds is 3. The van der Waals surface area contributed by atoms with Gasteiger partial charge in [-0.25, -0.2) is 5.43 Å². The third-order valence-corrected chi connectivity index (χ3v) is 2.18. The van der Waals surface area contributed by atoms with Gasteiger partial charge in [0.15, 0.2) is 5.75 Å². The molecule has 7 nitrogen and oxygen atoms in total. The molecule has 5 N–H and O–H groups in total. The number of ether oxygens (including phenoxy) is 1. The van der Waals surface area contributed by atoms with Gasteiger partial charge in [-0.3, -0.25) is 10.2 Å². The van der Waals surface area contributed by atoms with Crippen LogP contribution in [0.25, 0.3) is 0 Å². The highest BCUT2D eigenvalue weighted by Crippen LogP contribution is 2.33. The molecule has 0 saturated heterocycles. The molecule has 0 atom stereocenters. The number of nitrogens with zero attached hydrogens (tertiary/aromatic N) is 1. The van der Waals surface area contributed by atoms with E-state index in [0.29, 0.717) is 21.4 Å². The first-order chi connectivity index (χ1) is 9.27. The molecule has 1 rings (SSSR count). The molecule has 0 heterocycles. The van der Waals surface area contributed by atoms with Crippen LogP contribution in [0.15, 0.2) is 17.2 Å². The van der Waals surface area contributed by atoms with Crippen LogP contribution in [0.2, 0.25) is 10.0 Å². The summed E-state index contributed by atoms with van der Waals surface area (Å²) in [6.45, 7) is 1.08. The number of guanidine groups is 1. The van der Waals surface area contributed by atoms with Crippen LogP contribution < -0.4 is 15.9 Å². The molecule has 0 radical (unpaired) electrons. The van der Waals surface area contributed by atoms with Gasteiger partial charge in [-0.05, 0) is 17.7 Å². The van der Waals surface area contributed by atoms with E-state index >= 15 is 0 Å². The van der Waals surface area contributed by atoms with Crippen molar-refractivity contribution in [2.75, 3.05) is 7.11 Å². The van der Waals surface area contributed by atoms with Crippen molar-refractivity contribution < 1.29 is 14.6 Å². The number of nitrogens with two attached hydrogens (primary N) is 1. The first kappa shape index (κ1) is 18.0. The molecular weight excluding hydrogens is 307 g/mol. The summed E-state index contributed by atoms with van der Waals surface area (Å²) in [6.07, 6.45) is 1.44. The van der Waals surface area contributed by atoms with Crippen molar-refractivity contribution in [3.8, 4) is 5.75 Å². The van der Waals surface area contributed by atoms with Crippen LogP contribution >= 0.6 is 23.2 Å². The molecule has 20 heavy (non-hydrogen) atoms. The summed E-state index contributed by atoms with van der Waals surface area (Å²) in [5, 5.41) is 18.8. The standard InChI is InChI=1S/C9H10Cl2N4O.C2H4O2/c1-16-8-6(10)2-5(3-7(8)11)4-14-15-9(12)13;1-2(3)4/h2-4H,1H3,(H4,12,13,15);1H3,(H,3,4)/b14-4+;. The van der Waals surface area contributed by atoms with Gasteiger partial charge in [-0.15, -0.1) is 0 Å². The van der Waals surface area contributed by atoms with Crippen LogP contribution in [-0.4, -0.2) is 30.4 Å². The van der Waals surface area contributed by atoms with Gasteiger partial charge in [-0.2, -0.15) is 5.10 Å². The van der Waals surface area contributed by atoms with E-state index in [2.05, 4.69) is 10.5 Å². The highest BCUT2D eigenvalue weighted by molar-refractivity contribution is 6.37. The number of hydrazone groups is 1. The molecule has 0 aliphatic carbocycles. The molecule has 0 unspecified atom stereocenters. The second-order valence-corrected chi connectivity index (χ2v) is 4.13. The van der Waals surface area contributed by atoms with Crippen LogP contribution in [0.3, 0.4) is 0 Å². The SMILES string of the molecule is CC(=O)O.COc1c(Cl)cc(/C=N/NC(=N)N)cc1Cl. The van der Waals surface area contributed by atoms with Crippen molar-refractivity contribution in [1.82, 2.24) is 5.43 Å². The summed E-state index contributed by atoms with van der Waals surface area (Å²) in [5.41, 5.74) is 7.99. The highest BCUT2D eigenvalue weighted by Gasteiger charge is 2.07. The largest absolute Gasteiger partial charge is 0.494 e. The van der Waals surface area contributed by atoms with E-state index in [-0.39, 0.29) is 5.96 Å². The van der Waals surface area contributed by atoms with E-state index in [1.54, 1.807) is 12.1 Å². The molecule has 0 aliphatic rings. The average molecular weight is 321 g/mol. The van der Waals surface area contributed by atoms with Gasteiger partial charge in [0.2, 0.25) is 5.96 Å². The molecule has 0 aromatic heterocycles. The molecule has 0 aliphatic heterocycles. The summed E-state index contributed by atoms with van der Waals surface area (Å²) in [7, 11) is 1.48. The molecule has 9 heteroatoms. The highest BCUT2D eigenvalue weighted by atomic mass is 35.5. The van der Waals surface area contributed by atoms with Gasteiger partial charge in [-0.1, -0.05) is 23.2 Å². The van der Waals surface area contributed by atoms with Crippen molar-refractivity contribution in [2.24, 2.45) is 10.8 Å². The first-order valence-electron chi connectivity index (χ1n) is 5.13. The van der Waals surface area contributed by atoms with E-state index in [9.17, 15) is 0 Å². The van der Waals surface area contributed by atoms with Gasteiger partial charge in [0.25, 0.3) is 5.97 Å². The Labute approximate surface area is 125 Å². The van der Waals surface area contributed by atoms with Crippen LogP contribution in [0.1, 0.15) is 12.5 Å². The maximum atomic E-state index is 9.00. The number of methoxy groups -OCH3 is 1. The summed E-state index contributed by atoms with van der Waals surface area (Å²) >= 11 is 11.8. The lowest BCUT2D eigenvalue weighted by Crippen LogP contribution is -2.25. The monoisotopic (exact) mass is 320 g/mol. The summed E-state index contributed by atoms with van der Waals surface area (Å²) in [4.78, 5) is 9.00. The third kappa shape index (κ3) is 7.45. The lowest BCUT2D eigenvalue weighted by atomic mass is 10.2. The molecular formula is C11H14Cl2N4O3. The van der Waals surface area contributed by atoms with Crippen LogP contribution in [-0.2, 0) is 4.79 Å². The van der Waals surface area contributed by atoms with Gasteiger partial charge < -0.3 is 15.6 Å². The van der Waals surface area contributed by atoms with Gasteiger partial charge in [0.05, 0.1) is 23.4 Å². The van der Waals surface area contributed by atoms with Crippen molar-refractivity contribution >= 4 is 41.3 Å². The van der Waals surface area contributed by atoms with Gasteiger partial charge in [0.1, 0.15) is 0 Å². The molecule has 0 saturated carbocycles. The smallest absolute Gasteiger partial charge is 0.300 e. The number of carboxylic acids is 1. The summed E-state index contributed by atoms with van der Waals surface area (Å²) in [5.74, 6) is -0.665. The van der Waals surface area contributed by atoms with E-state index < -0.39 is 5.97 Å².